The maximum atomic E-state index is 11.6. The van der Waals surface area contributed by atoms with E-state index in [1.807, 2.05) is 11.4 Å². The van der Waals surface area contributed by atoms with Gasteiger partial charge in [-0.25, -0.2) is 0 Å². The van der Waals surface area contributed by atoms with Gasteiger partial charge in [0.2, 0.25) is 0 Å². The van der Waals surface area contributed by atoms with E-state index in [1.165, 1.54) is 89.9 Å². The molecule has 0 heterocycles. The molecule has 0 spiro atoms. The first kappa shape index (κ1) is 24.8. The zero-order valence-electron chi connectivity index (χ0n) is 16.9. The Morgan fingerprint density at radius 1 is 0.600 bits per heavy atom. The number of unbranched alkanes of at least 4 members (excludes halogenated alkanes) is 15. The van der Waals surface area contributed by atoms with Gasteiger partial charge in [-0.05, 0) is 6.42 Å². The van der Waals surface area contributed by atoms with Crippen molar-refractivity contribution < 1.29 is 13.6 Å². The Balaban J connectivity index is 3.05. The van der Waals surface area contributed by atoms with Gasteiger partial charge in [-0.2, -0.15) is 0 Å². The third-order valence-electron chi connectivity index (χ3n) is 4.84. The Morgan fingerprint density at radius 3 is 1.16 bits per heavy atom. The van der Waals surface area contributed by atoms with Gasteiger partial charge in [-0.3, -0.25) is 4.79 Å². The molecule has 4 heteroatoms. The summed E-state index contributed by atoms with van der Waals surface area (Å²) in [4.78, 5) is 10.4. The third kappa shape index (κ3) is 23.8. The fourth-order valence-electron chi connectivity index (χ4n) is 3.24. The molecule has 3 nitrogen and oxygen atoms in total. The van der Waals surface area contributed by atoms with Gasteiger partial charge in [0.15, 0.2) is 0 Å². The molecule has 0 aromatic rings. The first-order chi connectivity index (χ1) is 11.9. The number of rotatable bonds is 19. The minimum absolute atomic E-state index is 0.334. The van der Waals surface area contributed by atoms with Crippen LogP contribution in [0.2, 0.25) is 16.6 Å². The van der Waals surface area contributed by atoms with E-state index in [-0.39, 0.29) is 0 Å². The summed E-state index contributed by atoms with van der Waals surface area (Å²) < 4.78 is 11.6. The van der Waals surface area contributed by atoms with Crippen LogP contribution in [-0.4, -0.2) is 24.6 Å². The Bertz CT molecular complexity index is 349. The van der Waals surface area contributed by atoms with E-state index in [9.17, 15) is 8.53 Å². The standard InChI is InChI=1S/C21H43AsO3/c1-22(2,25)20-18-16-14-12-10-8-6-4-3-5-7-9-11-13-15-17-19-21(23)24/h3-20H2,1-2H3,(H,23,24). The number of hydrogen-bond donors (Lipinski definition) is 1. The maximum absolute atomic E-state index is 11.6. The van der Waals surface area contributed by atoms with Crippen molar-refractivity contribution in [2.24, 2.45) is 0 Å². The van der Waals surface area contributed by atoms with Crippen molar-refractivity contribution in [3.05, 3.63) is 0 Å². The van der Waals surface area contributed by atoms with Crippen LogP contribution >= 0.6 is 0 Å². The minimum atomic E-state index is -2.35. The van der Waals surface area contributed by atoms with Crippen LogP contribution < -0.4 is 0 Å². The molecule has 0 atom stereocenters. The monoisotopic (exact) mass is 418 g/mol. The molecule has 0 aliphatic heterocycles. The van der Waals surface area contributed by atoms with E-state index >= 15 is 0 Å². The molecule has 25 heavy (non-hydrogen) atoms. The number of carbonyl (C=O) groups is 1. The number of aliphatic carboxylic acids is 1. The topological polar surface area (TPSA) is 54.4 Å². The number of carboxylic acid groups (broad SMARTS) is 1. The Morgan fingerprint density at radius 2 is 0.880 bits per heavy atom. The fraction of sp³-hybridized carbons (Fsp3) is 0.952. The average Bonchev–Trinajstić information content (AvgIpc) is 2.52. The predicted molar refractivity (Wildman–Crippen MR) is 109 cm³/mol. The number of hydrogen-bond acceptors (Lipinski definition) is 2. The molecule has 0 amide bonds. The second-order valence-electron chi connectivity index (χ2n) is 8.10. The first-order valence-electron chi connectivity index (χ1n) is 10.7. The van der Waals surface area contributed by atoms with Gasteiger partial charge in [0.25, 0.3) is 0 Å². The van der Waals surface area contributed by atoms with Crippen molar-refractivity contribution in [1.82, 2.24) is 0 Å². The van der Waals surface area contributed by atoms with Crippen molar-refractivity contribution >= 4 is 19.5 Å². The smallest absolute Gasteiger partial charge is 0.481 e. The van der Waals surface area contributed by atoms with Gasteiger partial charge >= 0.3 is 110 Å². The molecule has 0 aliphatic rings. The van der Waals surface area contributed by atoms with E-state index in [2.05, 4.69) is 0 Å². The first-order valence-corrected chi connectivity index (χ1v) is 16.5. The van der Waals surface area contributed by atoms with Crippen molar-refractivity contribution in [1.29, 1.82) is 0 Å². The van der Waals surface area contributed by atoms with Gasteiger partial charge in [0.1, 0.15) is 0 Å². The van der Waals surface area contributed by atoms with E-state index in [0.717, 1.165) is 18.1 Å². The van der Waals surface area contributed by atoms with Crippen LogP contribution in [0.4, 0.5) is 0 Å². The summed E-state index contributed by atoms with van der Waals surface area (Å²) in [5.41, 5.74) is 3.92. The van der Waals surface area contributed by atoms with E-state index in [1.54, 1.807) is 0 Å². The van der Waals surface area contributed by atoms with Crippen LogP contribution in [0.25, 0.3) is 0 Å². The van der Waals surface area contributed by atoms with Crippen LogP contribution in [0.1, 0.15) is 109 Å². The molecular weight excluding hydrogens is 375 g/mol. The van der Waals surface area contributed by atoms with Crippen LogP contribution in [0.15, 0.2) is 0 Å². The van der Waals surface area contributed by atoms with Crippen molar-refractivity contribution in [3.63, 3.8) is 0 Å². The summed E-state index contributed by atoms with van der Waals surface area (Å²) >= 11 is -2.35. The molecule has 0 aromatic heterocycles. The van der Waals surface area contributed by atoms with Crippen LogP contribution in [0.5, 0.6) is 0 Å². The molecule has 0 aromatic carbocycles. The van der Waals surface area contributed by atoms with Gasteiger partial charge in [-0.15, -0.1) is 0 Å². The quantitative estimate of drug-likeness (QED) is 0.176. The van der Waals surface area contributed by atoms with Gasteiger partial charge in [-0.1, -0.05) is 25.7 Å². The van der Waals surface area contributed by atoms with Crippen LogP contribution in [0.3, 0.4) is 0 Å². The van der Waals surface area contributed by atoms with E-state index in [4.69, 9.17) is 5.11 Å². The molecule has 150 valence electrons. The molecule has 0 radical (unpaired) electrons. The van der Waals surface area contributed by atoms with Crippen molar-refractivity contribution in [3.8, 4) is 0 Å². The van der Waals surface area contributed by atoms with Crippen molar-refractivity contribution in [2.45, 2.75) is 126 Å². The minimum Gasteiger partial charge on any atom is -0.481 e. The van der Waals surface area contributed by atoms with Crippen molar-refractivity contribution in [2.75, 3.05) is 0 Å². The molecule has 0 fully saturated rings. The van der Waals surface area contributed by atoms with E-state index < -0.39 is 19.5 Å². The summed E-state index contributed by atoms with van der Waals surface area (Å²) in [5, 5.41) is 9.54. The summed E-state index contributed by atoms with van der Waals surface area (Å²) in [5.74, 6) is -0.662. The van der Waals surface area contributed by atoms with Crippen LogP contribution in [-0.2, 0) is 8.53 Å². The normalized spacial score (nSPS) is 11.8. The molecule has 0 saturated carbocycles. The Labute approximate surface area is 159 Å². The molecule has 0 unspecified atom stereocenters. The summed E-state index contributed by atoms with van der Waals surface area (Å²) in [7, 11) is 0. The molecule has 0 rings (SSSR count). The average molecular weight is 418 g/mol. The molecule has 0 aliphatic carbocycles. The molecular formula is C21H43AsO3. The summed E-state index contributed by atoms with van der Waals surface area (Å²) in [6, 6.07) is 0. The van der Waals surface area contributed by atoms with Gasteiger partial charge in [0.05, 0.1) is 0 Å². The van der Waals surface area contributed by atoms with Crippen LogP contribution in [0, 0.1) is 0 Å². The SMILES string of the molecule is C[As](C)(=O)CCCCCCCCCCCCCCCCCCC(=O)O. The Kier molecular flexibility index (Phi) is 17.1. The third-order valence-corrected chi connectivity index (χ3v) is 7.76. The fourth-order valence-corrected chi connectivity index (χ4v) is 5.31. The van der Waals surface area contributed by atoms with Gasteiger partial charge in [0, 0.05) is 6.42 Å². The zero-order chi connectivity index (χ0) is 18.8. The Hall–Kier alpha value is -0.172. The molecule has 1 N–H and O–H groups in total. The molecule has 0 bridgehead atoms. The molecule has 0 saturated heterocycles. The second kappa shape index (κ2) is 17.3. The second-order valence-corrected chi connectivity index (χ2v) is 15.6. The summed E-state index contributed by atoms with van der Waals surface area (Å²) in [6.45, 7) is 0. The predicted octanol–water partition coefficient (Wildman–Crippen LogP) is 7.34. The van der Waals surface area contributed by atoms with E-state index in [0.29, 0.717) is 6.42 Å². The number of carboxylic acids is 1. The zero-order valence-corrected chi connectivity index (χ0v) is 18.8. The van der Waals surface area contributed by atoms with Gasteiger partial charge < -0.3 is 5.11 Å². The summed E-state index contributed by atoms with van der Waals surface area (Å²) in [6.07, 6.45) is 20.8.